The van der Waals surface area contributed by atoms with Crippen LogP contribution in [0.4, 0.5) is 18.0 Å². The van der Waals surface area contributed by atoms with Gasteiger partial charge in [0.2, 0.25) is 0 Å². The maximum Gasteiger partial charge on any atom is 0.404 e. The topological polar surface area (TPSA) is 79.5 Å². The first-order valence-electron chi connectivity index (χ1n) is 7.87. The van der Waals surface area contributed by atoms with E-state index in [1.165, 1.54) is 0 Å². The molecule has 6 nitrogen and oxygen atoms in total. The third-order valence-corrected chi connectivity index (χ3v) is 4.67. The zero-order valence-electron chi connectivity index (χ0n) is 13.3. The quantitative estimate of drug-likeness (QED) is 0.687. The van der Waals surface area contributed by atoms with E-state index in [-0.39, 0.29) is 18.4 Å². The van der Waals surface area contributed by atoms with Crippen LogP contribution in [0.1, 0.15) is 22.9 Å². The first-order chi connectivity index (χ1) is 12.4. The van der Waals surface area contributed by atoms with Gasteiger partial charge in [-0.1, -0.05) is 0 Å². The van der Waals surface area contributed by atoms with E-state index in [0.717, 1.165) is 11.8 Å². The molecular formula is C17H13F3N4O2. The van der Waals surface area contributed by atoms with Gasteiger partial charge in [0.15, 0.2) is 17.3 Å². The Morgan fingerprint density at radius 2 is 1.96 bits per heavy atom. The second-order valence-electron chi connectivity index (χ2n) is 6.17. The van der Waals surface area contributed by atoms with Crippen molar-refractivity contribution in [1.29, 1.82) is 0 Å². The van der Waals surface area contributed by atoms with E-state index in [2.05, 4.69) is 15.3 Å². The molecule has 26 heavy (non-hydrogen) atoms. The average Bonchev–Trinajstić information content (AvgIpc) is 2.95. The van der Waals surface area contributed by atoms with E-state index in [1.54, 1.807) is 23.0 Å². The molecule has 9 heteroatoms. The normalized spacial score (nSPS) is 19.3. The molecule has 1 aromatic carbocycles. The van der Waals surface area contributed by atoms with Gasteiger partial charge in [0, 0.05) is 49.0 Å². The maximum absolute atomic E-state index is 14.3. The smallest absolute Gasteiger partial charge is 0.404 e. The second-order valence-corrected chi connectivity index (χ2v) is 6.17. The predicted octanol–water partition coefficient (Wildman–Crippen LogP) is 2.67. The van der Waals surface area contributed by atoms with Crippen molar-refractivity contribution in [2.24, 2.45) is 0 Å². The lowest BCUT2D eigenvalue weighted by Crippen LogP contribution is -2.43. The lowest BCUT2D eigenvalue weighted by Gasteiger charge is -2.31. The Bertz CT molecular complexity index is 1020. The largest absolute Gasteiger partial charge is 0.465 e. The number of hydrogen-bond acceptors (Lipinski definition) is 3. The van der Waals surface area contributed by atoms with Gasteiger partial charge in [0.1, 0.15) is 5.82 Å². The SMILES string of the molecule is O=C(O)NC1Cc2c(nc3cnccn23)CC1c1cc(F)c(F)cc1F. The fourth-order valence-electron chi connectivity index (χ4n) is 3.55. The molecule has 0 aliphatic heterocycles. The standard InChI is InChI=1S/C17H13F3N4O2/c18-10-5-12(20)11(19)3-8(10)9-4-14-15(6-13(9)23-17(25)26)24-2-1-21-7-16(24)22-14/h1-3,5,7,9,13,23H,4,6H2,(H,25,26). The van der Waals surface area contributed by atoms with E-state index >= 15 is 0 Å². The Morgan fingerprint density at radius 1 is 1.19 bits per heavy atom. The molecule has 0 saturated carbocycles. The van der Waals surface area contributed by atoms with E-state index in [4.69, 9.17) is 5.11 Å². The van der Waals surface area contributed by atoms with Crippen LogP contribution in [0.3, 0.4) is 0 Å². The van der Waals surface area contributed by atoms with Crippen LogP contribution in [0.5, 0.6) is 0 Å². The highest BCUT2D eigenvalue weighted by molar-refractivity contribution is 5.65. The number of nitrogens with one attached hydrogen (secondary N) is 1. The fourth-order valence-corrected chi connectivity index (χ4v) is 3.55. The molecule has 2 atom stereocenters. The van der Waals surface area contributed by atoms with Crippen molar-refractivity contribution in [2.75, 3.05) is 0 Å². The van der Waals surface area contributed by atoms with Crippen LogP contribution in [0.25, 0.3) is 5.65 Å². The van der Waals surface area contributed by atoms with Gasteiger partial charge in [0.05, 0.1) is 11.9 Å². The van der Waals surface area contributed by atoms with E-state index in [1.807, 2.05) is 0 Å². The van der Waals surface area contributed by atoms with E-state index < -0.39 is 35.5 Å². The number of fused-ring (bicyclic) bond motifs is 3. The summed E-state index contributed by atoms with van der Waals surface area (Å²) in [6, 6.07) is 0.548. The number of carboxylic acid groups (broad SMARTS) is 1. The number of nitrogens with zero attached hydrogens (tertiary/aromatic N) is 3. The zero-order valence-corrected chi connectivity index (χ0v) is 13.3. The summed E-state index contributed by atoms with van der Waals surface area (Å²) in [5, 5.41) is 11.5. The number of aromatic nitrogens is 3. The molecule has 134 valence electrons. The zero-order chi connectivity index (χ0) is 18.4. The molecule has 1 aliphatic rings. The molecule has 2 N–H and O–H groups in total. The highest BCUT2D eigenvalue weighted by Crippen LogP contribution is 2.35. The monoisotopic (exact) mass is 362 g/mol. The fraction of sp³-hybridized carbons (Fsp3) is 0.235. The predicted molar refractivity (Wildman–Crippen MR) is 84.4 cm³/mol. The van der Waals surface area contributed by atoms with Crippen molar-refractivity contribution >= 4 is 11.7 Å². The van der Waals surface area contributed by atoms with Crippen molar-refractivity contribution in [3.63, 3.8) is 0 Å². The number of hydrogen-bond donors (Lipinski definition) is 2. The summed E-state index contributed by atoms with van der Waals surface area (Å²) in [5.41, 5.74) is 1.93. The Labute approximate surface area is 145 Å². The van der Waals surface area contributed by atoms with Crippen molar-refractivity contribution in [3.05, 3.63) is 65.1 Å². The molecule has 0 fully saturated rings. The van der Waals surface area contributed by atoms with Gasteiger partial charge < -0.3 is 14.8 Å². The highest BCUT2D eigenvalue weighted by atomic mass is 19.2. The van der Waals surface area contributed by atoms with Crippen molar-refractivity contribution in [1.82, 2.24) is 19.7 Å². The summed E-state index contributed by atoms with van der Waals surface area (Å²) in [6.45, 7) is 0. The molecule has 2 heterocycles. The third kappa shape index (κ3) is 2.65. The minimum atomic E-state index is -1.29. The van der Waals surface area contributed by atoms with Gasteiger partial charge in [-0.25, -0.2) is 22.9 Å². The van der Waals surface area contributed by atoms with Crippen LogP contribution in [-0.4, -0.2) is 31.6 Å². The van der Waals surface area contributed by atoms with Gasteiger partial charge in [-0.3, -0.25) is 4.98 Å². The molecule has 0 bridgehead atoms. The van der Waals surface area contributed by atoms with Crippen molar-refractivity contribution < 1.29 is 23.1 Å². The molecule has 2 aromatic heterocycles. The average molecular weight is 362 g/mol. The molecular weight excluding hydrogens is 349 g/mol. The Balaban J connectivity index is 1.82. The minimum absolute atomic E-state index is 0.0801. The number of carbonyl (C=O) groups is 1. The Morgan fingerprint density at radius 3 is 2.73 bits per heavy atom. The van der Waals surface area contributed by atoms with Gasteiger partial charge >= 0.3 is 6.09 Å². The third-order valence-electron chi connectivity index (χ3n) is 4.67. The summed E-state index contributed by atoms with van der Waals surface area (Å²) < 4.78 is 43.0. The molecule has 0 saturated heterocycles. The van der Waals surface area contributed by atoms with Gasteiger partial charge in [0.25, 0.3) is 0 Å². The molecule has 4 rings (SSSR count). The summed E-state index contributed by atoms with van der Waals surface area (Å²) in [6.07, 6.45) is 3.99. The van der Waals surface area contributed by atoms with Crippen LogP contribution < -0.4 is 5.32 Å². The number of halogens is 3. The van der Waals surface area contributed by atoms with Crippen LogP contribution >= 0.6 is 0 Å². The summed E-state index contributed by atoms with van der Waals surface area (Å²) >= 11 is 0. The second kappa shape index (κ2) is 6.01. The van der Waals surface area contributed by atoms with Crippen LogP contribution in [-0.2, 0) is 12.8 Å². The Kier molecular flexibility index (Phi) is 3.78. The van der Waals surface area contributed by atoms with Gasteiger partial charge in [-0.05, 0) is 11.6 Å². The van der Waals surface area contributed by atoms with E-state index in [0.29, 0.717) is 17.4 Å². The molecule has 0 radical (unpaired) electrons. The van der Waals surface area contributed by atoms with Crippen LogP contribution in [0.2, 0.25) is 0 Å². The molecule has 2 unspecified atom stereocenters. The van der Waals surface area contributed by atoms with Gasteiger partial charge in [-0.15, -0.1) is 0 Å². The van der Waals surface area contributed by atoms with Crippen LogP contribution in [0, 0.1) is 17.5 Å². The summed E-state index contributed by atoms with van der Waals surface area (Å²) in [4.78, 5) is 19.6. The van der Waals surface area contributed by atoms with Crippen LogP contribution in [0.15, 0.2) is 30.7 Å². The first-order valence-corrected chi connectivity index (χ1v) is 7.87. The van der Waals surface area contributed by atoms with Gasteiger partial charge in [-0.2, -0.15) is 0 Å². The lowest BCUT2D eigenvalue weighted by atomic mass is 9.80. The number of rotatable bonds is 2. The summed E-state index contributed by atoms with van der Waals surface area (Å²) in [7, 11) is 0. The summed E-state index contributed by atoms with van der Waals surface area (Å²) in [5.74, 6) is -4.10. The van der Waals surface area contributed by atoms with Crippen molar-refractivity contribution in [3.8, 4) is 0 Å². The van der Waals surface area contributed by atoms with E-state index in [9.17, 15) is 18.0 Å². The minimum Gasteiger partial charge on any atom is -0.465 e. The lowest BCUT2D eigenvalue weighted by molar-refractivity contribution is 0.186. The van der Waals surface area contributed by atoms with Crippen molar-refractivity contribution in [2.45, 2.75) is 24.8 Å². The molecule has 1 amide bonds. The number of imidazole rings is 1. The highest BCUT2D eigenvalue weighted by Gasteiger charge is 2.35. The maximum atomic E-state index is 14.3. The Hall–Kier alpha value is -3.10. The molecule has 0 spiro atoms. The number of benzene rings is 1. The number of amides is 1. The molecule has 3 aromatic rings. The first kappa shape index (κ1) is 16.4. The molecule has 1 aliphatic carbocycles.